The van der Waals surface area contributed by atoms with E-state index in [2.05, 4.69) is 23.8 Å². The van der Waals surface area contributed by atoms with E-state index in [-0.39, 0.29) is 5.56 Å². The minimum Gasteiger partial charge on any atom is -0.335 e. The Morgan fingerprint density at radius 1 is 1.54 bits per heavy atom. The van der Waals surface area contributed by atoms with Gasteiger partial charge in [-0.2, -0.15) is 11.8 Å². The van der Waals surface area contributed by atoms with E-state index in [1.807, 2.05) is 0 Å². The molecular weight excluding hydrogens is 204 g/mol. The maximum absolute atomic E-state index is 11.0. The Hall–Kier alpha value is -0.550. The van der Waals surface area contributed by atoms with Crippen LogP contribution < -0.4 is 5.56 Å². The second kappa shape index (κ2) is 4.62. The van der Waals surface area contributed by atoms with E-state index in [9.17, 15) is 4.79 Å². The molecular formula is C8H12N2OS2. The van der Waals surface area contributed by atoms with E-state index < -0.39 is 0 Å². The Bertz CT molecular complexity index is 352. The third kappa shape index (κ3) is 3.78. The van der Waals surface area contributed by atoms with Crippen molar-refractivity contribution in [3.05, 3.63) is 26.9 Å². The number of hydrogen-bond acceptors (Lipinski definition) is 3. The maximum Gasteiger partial charge on any atom is 0.251 e. The molecule has 0 atom stereocenters. The van der Waals surface area contributed by atoms with Crippen LogP contribution >= 0.6 is 24.0 Å². The van der Waals surface area contributed by atoms with Crippen LogP contribution in [0.15, 0.2) is 10.9 Å². The zero-order valence-corrected chi connectivity index (χ0v) is 9.22. The average molecular weight is 216 g/mol. The summed E-state index contributed by atoms with van der Waals surface area (Å²) in [5, 5.41) is 0.557. The molecule has 0 amide bonds. The molecule has 0 spiro atoms. The van der Waals surface area contributed by atoms with Gasteiger partial charge < -0.3 is 4.98 Å². The molecule has 0 fully saturated rings. The second-order valence-corrected chi connectivity index (χ2v) is 4.95. The molecule has 1 rings (SSSR count). The highest BCUT2D eigenvalue weighted by Crippen LogP contribution is 2.13. The Morgan fingerprint density at radius 3 is 2.77 bits per heavy atom. The van der Waals surface area contributed by atoms with Crippen LogP contribution in [-0.4, -0.2) is 15.2 Å². The highest BCUT2D eigenvalue weighted by atomic mass is 32.2. The van der Waals surface area contributed by atoms with Gasteiger partial charge in [0.2, 0.25) is 0 Å². The first-order chi connectivity index (χ1) is 6.08. The molecule has 0 aliphatic rings. The maximum atomic E-state index is 11.0. The summed E-state index contributed by atoms with van der Waals surface area (Å²) in [6, 6.07) is 1.55. The summed E-state index contributed by atoms with van der Waals surface area (Å²) in [6.45, 7) is 4.24. The van der Waals surface area contributed by atoms with Gasteiger partial charge in [0.15, 0.2) is 4.77 Å². The molecule has 0 aromatic carbocycles. The number of nitrogens with one attached hydrogen (secondary N) is 2. The normalized spacial score (nSPS) is 10.7. The minimum atomic E-state index is -0.136. The van der Waals surface area contributed by atoms with Crippen molar-refractivity contribution in [1.29, 1.82) is 0 Å². The Balaban J connectivity index is 2.78. The van der Waals surface area contributed by atoms with Crippen LogP contribution in [0.3, 0.4) is 0 Å². The van der Waals surface area contributed by atoms with Gasteiger partial charge in [0.05, 0.1) is 0 Å². The summed E-state index contributed by atoms with van der Waals surface area (Å²) < 4.78 is 0.395. The van der Waals surface area contributed by atoms with Crippen LogP contribution in [0.5, 0.6) is 0 Å². The lowest BCUT2D eigenvalue weighted by molar-refractivity contribution is 1.02. The topological polar surface area (TPSA) is 48.6 Å². The Kier molecular flexibility index (Phi) is 3.74. The standard InChI is InChI=1S/C8H12N2OS2/c1-5(2)13-4-6-3-7(11)10-8(12)9-6/h3,5H,4H2,1-2H3,(H2,9,10,11,12). The molecule has 1 heterocycles. The first-order valence-electron chi connectivity index (χ1n) is 4.02. The second-order valence-electron chi connectivity index (χ2n) is 2.97. The summed E-state index contributed by atoms with van der Waals surface area (Å²) in [7, 11) is 0. The SMILES string of the molecule is CC(C)SCc1cc(=O)[nH]c(=S)[nH]1. The molecule has 72 valence electrons. The third-order valence-corrected chi connectivity index (χ3v) is 2.74. The van der Waals surface area contributed by atoms with E-state index in [0.717, 1.165) is 11.4 Å². The predicted octanol–water partition coefficient (Wildman–Crippen LogP) is 2.07. The molecule has 5 heteroatoms. The highest BCUT2D eigenvalue weighted by Gasteiger charge is 1.98. The minimum absolute atomic E-state index is 0.136. The van der Waals surface area contributed by atoms with Crippen molar-refractivity contribution < 1.29 is 0 Å². The number of hydrogen-bond donors (Lipinski definition) is 2. The number of H-pyrrole nitrogens is 2. The van der Waals surface area contributed by atoms with Crippen molar-refractivity contribution in [2.24, 2.45) is 0 Å². The van der Waals surface area contributed by atoms with E-state index in [0.29, 0.717) is 10.0 Å². The Morgan fingerprint density at radius 2 is 2.23 bits per heavy atom. The van der Waals surface area contributed by atoms with Crippen molar-refractivity contribution in [2.75, 3.05) is 0 Å². The van der Waals surface area contributed by atoms with Gasteiger partial charge in [-0.3, -0.25) is 9.78 Å². The lowest BCUT2D eigenvalue weighted by Gasteiger charge is -2.03. The molecule has 1 aromatic rings. The van der Waals surface area contributed by atoms with Gasteiger partial charge in [0, 0.05) is 17.5 Å². The summed E-state index contributed by atoms with van der Waals surface area (Å²) in [6.07, 6.45) is 0. The van der Waals surface area contributed by atoms with Crippen LogP contribution in [0.2, 0.25) is 0 Å². The number of thioether (sulfide) groups is 1. The molecule has 0 aliphatic carbocycles. The summed E-state index contributed by atoms with van der Waals surface area (Å²) in [4.78, 5) is 16.4. The van der Waals surface area contributed by atoms with Crippen molar-refractivity contribution >= 4 is 24.0 Å². The number of aromatic nitrogens is 2. The summed E-state index contributed by atoms with van der Waals surface area (Å²) in [5.41, 5.74) is 0.746. The van der Waals surface area contributed by atoms with Gasteiger partial charge in [-0.1, -0.05) is 13.8 Å². The Labute approximate surface area is 86.0 Å². The van der Waals surface area contributed by atoms with Crippen LogP contribution in [-0.2, 0) is 5.75 Å². The lowest BCUT2D eigenvalue weighted by Crippen LogP contribution is -2.08. The molecule has 0 radical (unpaired) electrons. The summed E-state index contributed by atoms with van der Waals surface area (Å²) in [5.74, 6) is 0.797. The first-order valence-corrected chi connectivity index (χ1v) is 5.48. The van der Waals surface area contributed by atoms with Crippen molar-refractivity contribution in [1.82, 2.24) is 9.97 Å². The van der Waals surface area contributed by atoms with Crippen LogP contribution in [0.25, 0.3) is 0 Å². The smallest absolute Gasteiger partial charge is 0.251 e. The van der Waals surface area contributed by atoms with E-state index in [1.54, 1.807) is 17.8 Å². The molecule has 2 N–H and O–H groups in total. The lowest BCUT2D eigenvalue weighted by atomic mass is 10.5. The third-order valence-electron chi connectivity index (χ3n) is 1.39. The van der Waals surface area contributed by atoms with Gasteiger partial charge in [0.25, 0.3) is 5.56 Å². The molecule has 0 bridgehead atoms. The first kappa shape index (κ1) is 10.5. The zero-order valence-electron chi connectivity index (χ0n) is 7.59. The van der Waals surface area contributed by atoms with E-state index in [1.165, 1.54) is 0 Å². The van der Waals surface area contributed by atoms with Crippen LogP contribution in [0.4, 0.5) is 0 Å². The van der Waals surface area contributed by atoms with Gasteiger partial charge in [-0.25, -0.2) is 0 Å². The van der Waals surface area contributed by atoms with E-state index in [4.69, 9.17) is 12.2 Å². The molecule has 13 heavy (non-hydrogen) atoms. The molecule has 1 aromatic heterocycles. The number of rotatable bonds is 3. The van der Waals surface area contributed by atoms with Crippen molar-refractivity contribution in [3.8, 4) is 0 Å². The molecule has 0 saturated heterocycles. The van der Waals surface area contributed by atoms with Gasteiger partial charge in [-0.05, 0) is 17.5 Å². The molecule has 0 saturated carbocycles. The fourth-order valence-corrected chi connectivity index (χ4v) is 1.75. The monoisotopic (exact) mass is 216 g/mol. The van der Waals surface area contributed by atoms with Crippen molar-refractivity contribution in [2.45, 2.75) is 24.9 Å². The van der Waals surface area contributed by atoms with Crippen LogP contribution in [0.1, 0.15) is 19.5 Å². The molecule has 0 unspecified atom stereocenters. The zero-order chi connectivity index (χ0) is 9.84. The van der Waals surface area contributed by atoms with E-state index >= 15 is 0 Å². The predicted molar refractivity (Wildman–Crippen MR) is 58.7 cm³/mol. The largest absolute Gasteiger partial charge is 0.335 e. The van der Waals surface area contributed by atoms with Gasteiger partial charge in [0.1, 0.15) is 0 Å². The van der Waals surface area contributed by atoms with Crippen LogP contribution in [0, 0.1) is 4.77 Å². The highest BCUT2D eigenvalue weighted by molar-refractivity contribution is 7.99. The number of aromatic amines is 2. The van der Waals surface area contributed by atoms with Gasteiger partial charge in [-0.15, -0.1) is 0 Å². The van der Waals surface area contributed by atoms with Crippen molar-refractivity contribution in [3.63, 3.8) is 0 Å². The summed E-state index contributed by atoms with van der Waals surface area (Å²) >= 11 is 6.62. The fourth-order valence-electron chi connectivity index (χ4n) is 0.854. The van der Waals surface area contributed by atoms with Gasteiger partial charge >= 0.3 is 0 Å². The fraction of sp³-hybridized carbons (Fsp3) is 0.500. The average Bonchev–Trinajstić information content (AvgIpc) is 1.99. The quantitative estimate of drug-likeness (QED) is 0.760. The molecule has 3 nitrogen and oxygen atoms in total. The molecule has 0 aliphatic heterocycles.